The van der Waals surface area contributed by atoms with Crippen molar-refractivity contribution in [3.8, 4) is 0 Å². The number of aliphatic hydroxyl groups is 1. The third-order valence-electron chi connectivity index (χ3n) is 5.01. The van der Waals surface area contributed by atoms with E-state index in [-0.39, 0.29) is 24.7 Å². The van der Waals surface area contributed by atoms with Gasteiger partial charge in [-0.05, 0) is 31.9 Å². The largest absolute Gasteiger partial charge is 0.395 e. The number of sulfonamides is 1. The van der Waals surface area contributed by atoms with E-state index in [1.807, 2.05) is 19.1 Å². The van der Waals surface area contributed by atoms with Crippen molar-refractivity contribution in [3.05, 3.63) is 29.8 Å². The Labute approximate surface area is 132 Å². The maximum Gasteiger partial charge on any atom is 0.243 e. The van der Waals surface area contributed by atoms with Crippen molar-refractivity contribution < 1.29 is 13.5 Å². The minimum absolute atomic E-state index is 0.0388. The standard InChI is InChI=1S/C16H24N2O3S/c1-3-13(11-19)17-9-15-8-14(17)10-18(15)22(20,21)16-6-4-12(2)5-7-16/h4-7,13-15,19H,3,8-11H2,1-2H3/t13-,14-,15-/m0/s1. The molecule has 0 amide bonds. The number of aliphatic hydroxyl groups excluding tert-OH is 1. The van der Waals surface area contributed by atoms with E-state index in [4.69, 9.17) is 0 Å². The zero-order valence-electron chi connectivity index (χ0n) is 13.1. The topological polar surface area (TPSA) is 60.9 Å². The Morgan fingerprint density at radius 1 is 1.23 bits per heavy atom. The summed E-state index contributed by atoms with van der Waals surface area (Å²) in [7, 11) is -3.40. The summed E-state index contributed by atoms with van der Waals surface area (Å²) in [5, 5.41) is 9.47. The Kier molecular flexibility index (Phi) is 4.29. The van der Waals surface area contributed by atoms with Crippen molar-refractivity contribution in [1.82, 2.24) is 9.21 Å². The van der Waals surface area contributed by atoms with Crippen LogP contribution in [0.25, 0.3) is 0 Å². The monoisotopic (exact) mass is 324 g/mol. The van der Waals surface area contributed by atoms with Crippen molar-refractivity contribution in [2.45, 2.75) is 49.7 Å². The third kappa shape index (κ3) is 2.58. The van der Waals surface area contributed by atoms with Crippen LogP contribution in [0.5, 0.6) is 0 Å². The fraction of sp³-hybridized carbons (Fsp3) is 0.625. The third-order valence-corrected chi connectivity index (χ3v) is 6.94. The van der Waals surface area contributed by atoms with E-state index in [9.17, 15) is 13.5 Å². The fourth-order valence-electron chi connectivity index (χ4n) is 3.72. The summed E-state index contributed by atoms with van der Waals surface area (Å²) < 4.78 is 27.3. The lowest BCUT2D eigenvalue weighted by Crippen LogP contribution is -2.52. The van der Waals surface area contributed by atoms with E-state index in [0.717, 1.165) is 24.9 Å². The molecule has 2 bridgehead atoms. The highest BCUT2D eigenvalue weighted by Gasteiger charge is 2.49. The molecule has 0 spiro atoms. The van der Waals surface area contributed by atoms with Crippen LogP contribution in [0.3, 0.4) is 0 Å². The first-order chi connectivity index (χ1) is 10.5. The van der Waals surface area contributed by atoms with E-state index in [2.05, 4.69) is 11.8 Å². The van der Waals surface area contributed by atoms with Gasteiger partial charge in [0, 0.05) is 31.2 Å². The van der Waals surface area contributed by atoms with Crippen LogP contribution in [-0.4, -0.2) is 60.6 Å². The first kappa shape index (κ1) is 15.9. The molecule has 122 valence electrons. The second-order valence-electron chi connectivity index (χ2n) is 6.37. The molecule has 0 unspecified atom stereocenters. The number of hydrogen-bond donors (Lipinski definition) is 1. The van der Waals surface area contributed by atoms with Gasteiger partial charge in [-0.1, -0.05) is 24.6 Å². The van der Waals surface area contributed by atoms with Gasteiger partial charge < -0.3 is 5.11 Å². The van der Waals surface area contributed by atoms with Gasteiger partial charge in [-0.15, -0.1) is 0 Å². The average Bonchev–Trinajstić information content (AvgIpc) is 3.10. The van der Waals surface area contributed by atoms with Crippen molar-refractivity contribution in [3.63, 3.8) is 0 Å². The lowest BCUT2D eigenvalue weighted by Gasteiger charge is -2.37. The molecule has 1 aromatic rings. The van der Waals surface area contributed by atoms with E-state index in [1.165, 1.54) is 0 Å². The Hall–Kier alpha value is -0.950. The summed E-state index contributed by atoms with van der Waals surface area (Å²) in [6, 6.07) is 7.49. The summed E-state index contributed by atoms with van der Waals surface area (Å²) >= 11 is 0. The van der Waals surface area contributed by atoms with E-state index < -0.39 is 10.0 Å². The molecule has 2 aliphatic rings. The molecule has 2 aliphatic heterocycles. The molecule has 5 nitrogen and oxygen atoms in total. The van der Waals surface area contributed by atoms with E-state index in [0.29, 0.717) is 11.4 Å². The van der Waals surface area contributed by atoms with Crippen LogP contribution < -0.4 is 0 Å². The van der Waals surface area contributed by atoms with Crippen molar-refractivity contribution >= 4 is 10.0 Å². The summed E-state index contributed by atoms with van der Waals surface area (Å²) in [4.78, 5) is 2.66. The number of fused-ring (bicyclic) bond motifs is 2. The Bertz CT molecular complexity index is 625. The second-order valence-corrected chi connectivity index (χ2v) is 8.26. The predicted octanol–water partition coefficient (Wildman–Crippen LogP) is 1.21. The lowest BCUT2D eigenvalue weighted by molar-refractivity contribution is 0.0814. The van der Waals surface area contributed by atoms with Crippen LogP contribution in [0.1, 0.15) is 25.3 Å². The van der Waals surface area contributed by atoms with Gasteiger partial charge in [-0.25, -0.2) is 8.42 Å². The molecule has 0 saturated carbocycles. The van der Waals surface area contributed by atoms with Crippen LogP contribution in [0.4, 0.5) is 0 Å². The number of benzene rings is 1. The number of nitrogens with zero attached hydrogens (tertiary/aromatic N) is 2. The lowest BCUT2D eigenvalue weighted by atomic mass is 10.1. The summed E-state index contributed by atoms with van der Waals surface area (Å²) in [6.45, 7) is 5.43. The highest BCUT2D eigenvalue weighted by atomic mass is 32.2. The van der Waals surface area contributed by atoms with Gasteiger partial charge in [0.2, 0.25) is 10.0 Å². The number of rotatable bonds is 5. The molecule has 1 aromatic carbocycles. The summed E-state index contributed by atoms with van der Waals surface area (Å²) in [5.41, 5.74) is 1.06. The Morgan fingerprint density at radius 3 is 2.41 bits per heavy atom. The van der Waals surface area contributed by atoms with Crippen LogP contribution in [0.15, 0.2) is 29.2 Å². The minimum atomic E-state index is -3.40. The van der Waals surface area contributed by atoms with Crippen molar-refractivity contribution in [2.24, 2.45) is 0 Å². The molecule has 0 aromatic heterocycles. The van der Waals surface area contributed by atoms with Gasteiger partial charge in [-0.2, -0.15) is 4.31 Å². The molecule has 3 rings (SSSR count). The van der Waals surface area contributed by atoms with Gasteiger partial charge in [0.05, 0.1) is 11.5 Å². The predicted molar refractivity (Wildman–Crippen MR) is 85.1 cm³/mol. The number of aryl methyl sites for hydroxylation is 1. The first-order valence-electron chi connectivity index (χ1n) is 7.92. The molecular formula is C16H24N2O3S. The zero-order chi connectivity index (χ0) is 15.9. The normalized spacial score (nSPS) is 27.4. The highest BCUT2D eigenvalue weighted by molar-refractivity contribution is 7.89. The van der Waals surface area contributed by atoms with E-state index >= 15 is 0 Å². The summed E-state index contributed by atoms with van der Waals surface area (Å²) in [5.74, 6) is 0. The van der Waals surface area contributed by atoms with Crippen LogP contribution >= 0.6 is 0 Å². The highest BCUT2D eigenvalue weighted by Crippen LogP contribution is 2.36. The molecule has 0 aliphatic carbocycles. The summed E-state index contributed by atoms with van der Waals surface area (Å²) in [6.07, 6.45) is 1.77. The molecule has 0 radical (unpaired) electrons. The first-order valence-corrected chi connectivity index (χ1v) is 9.36. The Balaban J connectivity index is 1.78. The van der Waals surface area contributed by atoms with Crippen LogP contribution in [0.2, 0.25) is 0 Å². The molecular weight excluding hydrogens is 300 g/mol. The quantitative estimate of drug-likeness (QED) is 0.884. The van der Waals surface area contributed by atoms with Gasteiger partial charge in [0.25, 0.3) is 0 Å². The smallest absolute Gasteiger partial charge is 0.243 e. The molecule has 1 N–H and O–H groups in total. The van der Waals surface area contributed by atoms with Crippen LogP contribution in [0, 0.1) is 6.92 Å². The van der Waals surface area contributed by atoms with Gasteiger partial charge in [0.1, 0.15) is 0 Å². The second kappa shape index (κ2) is 5.92. The molecule has 6 heteroatoms. The Morgan fingerprint density at radius 2 is 1.91 bits per heavy atom. The average molecular weight is 324 g/mol. The molecule has 2 heterocycles. The molecule has 3 atom stereocenters. The maximum atomic E-state index is 12.8. The van der Waals surface area contributed by atoms with Gasteiger partial charge >= 0.3 is 0 Å². The SMILES string of the molecule is CC[C@@H](CO)N1C[C@@H]2C[C@H]1CN2S(=O)(=O)c1ccc(C)cc1. The number of piperazine rings is 1. The molecule has 2 fully saturated rings. The number of hydrogen-bond acceptors (Lipinski definition) is 4. The fourth-order valence-corrected chi connectivity index (χ4v) is 5.38. The van der Waals surface area contributed by atoms with Crippen molar-refractivity contribution in [2.75, 3.05) is 19.7 Å². The van der Waals surface area contributed by atoms with E-state index in [1.54, 1.807) is 16.4 Å². The molecule has 2 saturated heterocycles. The van der Waals surface area contributed by atoms with Gasteiger partial charge in [-0.3, -0.25) is 4.90 Å². The zero-order valence-corrected chi connectivity index (χ0v) is 14.0. The molecule has 22 heavy (non-hydrogen) atoms. The maximum absolute atomic E-state index is 12.8. The van der Waals surface area contributed by atoms with Crippen LogP contribution in [-0.2, 0) is 10.0 Å². The van der Waals surface area contributed by atoms with Crippen molar-refractivity contribution in [1.29, 1.82) is 0 Å². The van der Waals surface area contributed by atoms with Gasteiger partial charge in [0.15, 0.2) is 0 Å². The minimum Gasteiger partial charge on any atom is -0.395 e. The number of likely N-dealkylation sites (tertiary alicyclic amines) is 1.